The van der Waals surface area contributed by atoms with Gasteiger partial charge in [-0.2, -0.15) is 5.10 Å². The van der Waals surface area contributed by atoms with Crippen LogP contribution >= 0.6 is 0 Å². The Kier molecular flexibility index (Phi) is 3.64. The summed E-state index contributed by atoms with van der Waals surface area (Å²) in [5, 5.41) is 10.4. The second-order valence-electron chi connectivity index (χ2n) is 8.01. The Labute approximate surface area is 158 Å². The molecule has 1 saturated carbocycles. The normalized spacial score (nSPS) is 26.5. The number of H-pyrrole nitrogens is 1. The molecule has 6 nitrogen and oxygen atoms in total. The van der Waals surface area contributed by atoms with E-state index in [9.17, 15) is 9.59 Å². The van der Waals surface area contributed by atoms with Crippen LogP contribution in [-0.2, 0) is 10.2 Å². The number of aromatic amines is 1. The van der Waals surface area contributed by atoms with Gasteiger partial charge in [-0.3, -0.25) is 14.7 Å². The molecule has 3 aliphatic rings. The number of nitrogens with zero attached hydrogens (tertiary/aromatic N) is 2. The van der Waals surface area contributed by atoms with Gasteiger partial charge in [0.2, 0.25) is 5.91 Å². The number of anilines is 1. The van der Waals surface area contributed by atoms with Crippen molar-refractivity contribution < 1.29 is 9.59 Å². The van der Waals surface area contributed by atoms with E-state index in [0.717, 1.165) is 42.6 Å². The third kappa shape index (κ3) is 2.35. The number of likely N-dealkylation sites (tertiary alicyclic amines) is 1. The summed E-state index contributed by atoms with van der Waals surface area (Å²) in [6, 6.07) is 9.66. The zero-order valence-corrected chi connectivity index (χ0v) is 15.5. The van der Waals surface area contributed by atoms with E-state index in [0.29, 0.717) is 24.6 Å². The Hall–Kier alpha value is -2.63. The summed E-state index contributed by atoms with van der Waals surface area (Å²) in [4.78, 5) is 28.2. The molecule has 1 saturated heterocycles. The number of benzene rings is 1. The lowest BCUT2D eigenvalue weighted by atomic mass is 9.73. The molecule has 1 aromatic carbocycles. The van der Waals surface area contributed by atoms with E-state index in [2.05, 4.69) is 22.4 Å². The third-order valence-electron chi connectivity index (χ3n) is 6.41. The van der Waals surface area contributed by atoms with Gasteiger partial charge in [-0.25, -0.2) is 0 Å². The van der Waals surface area contributed by atoms with E-state index in [1.54, 1.807) is 0 Å². The van der Waals surface area contributed by atoms with Crippen LogP contribution in [0.3, 0.4) is 0 Å². The number of nitrogens with one attached hydrogen (secondary N) is 2. The number of fused-ring (bicyclic) bond motifs is 2. The Morgan fingerprint density at radius 1 is 1.33 bits per heavy atom. The monoisotopic (exact) mass is 364 g/mol. The van der Waals surface area contributed by atoms with Gasteiger partial charge < -0.3 is 10.2 Å². The predicted octanol–water partition coefficient (Wildman–Crippen LogP) is 3.19. The second kappa shape index (κ2) is 5.94. The van der Waals surface area contributed by atoms with Crippen LogP contribution in [-0.4, -0.2) is 39.5 Å². The quantitative estimate of drug-likeness (QED) is 0.874. The van der Waals surface area contributed by atoms with Crippen LogP contribution in [0.1, 0.15) is 66.7 Å². The van der Waals surface area contributed by atoms with E-state index in [1.165, 1.54) is 0 Å². The number of para-hydroxylation sites is 1. The zero-order valence-electron chi connectivity index (χ0n) is 15.5. The molecule has 5 rings (SSSR count). The van der Waals surface area contributed by atoms with Gasteiger partial charge in [0, 0.05) is 23.8 Å². The third-order valence-corrected chi connectivity index (χ3v) is 6.41. The fourth-order valence-electron chi connectivity index (χ4n) is 4.92. The first-order chi connectivity index (χ1) is 13.1. The highest BCUT2D eigenvalue weighted by atomic mass is 16.2. The van der Waals surface area contributed by atoms with Crippen molar-refractivity contribution >= 4 is 17.5 Å². The van der Waals surface area contributed by atoms with E-state index in [-0.39, 0.29) is 17.9 Å². The minimum Gasteiger partial charge on any atom is -0.333 e. The van der Waals surface area contributed by atoms with Crippen LogP contribution in [0, 0.1) is 0 Å². The molecule has 2 N–H and O–H groups in total. The molecule has 0 unspecified atom stereocenters. The number of carbonyl (C=O) groups is 2. The lowest BCUT2D eigenvalue weighted by Gasteiger charge is -2.33. The lowest BCUT2D eigenvalue weighted by Crippen LogP contribution is -2.48. The van der Waals surface area contributed by atoms with Crippen molar-refractivity contribution in [2.45, 2.75) is 56.4 Å². The fraction of sp³-hybridized carbons (Fsp3) is 0.476. The summed E-state index contributed by atoms with van der Waals surface area (Å²) in [5.41, 5.74) is 2.81. The molecule has 0 bridgehead atoms. The number of hydrogen-bond acceptors (Lipinski definition) is 3. The molecule has 1 aliphatic carbocycles. The van der Waals surface area contributed by atoms with Gasteiger partial charge in [0.15, 0.2) is 0 Å². The molecule has 0 radical (unpaired) electrons. The summed E-state index contributed by atoms with van der Waals surface area (Å²) >= 11 is 0. The molecule has 1 spiro atoms. The van der Waals surface area contributed by atoms with E-state index < -0.39 is 5.41 Å². The molecule has 140 valence electrons. The number of rotatable bonds is 4. The minimum atomic E-state index is -0.641. The largest absolute Gasteiger partial charge is 0.333 e. The first-order valence-electron chi connectivity index (χ1n) is 9.92. The van der Waals surface area contributed by atoms with E-state index in [4.69, 9.17) is 0 Å². The van der Waals surface area contributed by atoms with Crippen LogP contribution in [0.4, 0.5) is 5.69 Å². The van der Waals surface area contributed by atoms with Crippen LogP contribution in [0.2, 0.25) is 0 Å². The summed E-state index contributed by atoms with van der Waals surface area (Å²) in [7, 11) is 0. The van der Waals surface area contributed by atoms with Crippen molar-refractivity contribution in [3.05, 3.63) is 47.3 Å². The van der Waals surface area contributed by atoms with Gasteiger partial charge in [-0.1, -0.05) is 31.5 Å². The molecule has 2 aliphatic heterocycles. The summed E-state index contributed by atoms with van der Waals surface area (Å²) < 4.78 is 0. The van der Waals surface area contributed by atoms with Gasteiger partial charge >= 0.3 is 0 Å². The van der Waals surface area contributed by atoms with Gasteiger partial charge in [-0.05, 0) is 43.4 Å². The smallest absolute Gasteiger partial charge is 0.274 e. The van der Waals surface area contributed by atoms with Gasteiger partial charge in [0.05, 0.1) is 11.5 Å². The summed E-state index contributed by atoms with van der Waals surface area (Å²) in [6.45, 7) is 2.68. The molecule has 2 atom stereocenters. The Morgan fingerprint density at radius 2 is 2.15 bits per heavy atom. The topological polar surface area (TPSA) is 78.1 Å². The maximum atomic E-state index is 13.3. The average Bonchev–Trinajstić information content (AvgIpc) is 3.18. The van der Waals surface area contributed by atoms with Crippen LogP contribution < -0.4 is 5.32 Å². The first-order valence-corrected chi connectivity index (χ1v) is 9.92. The van der Waals surface area contributed by atoms with Crippen LogP contribution in [0.15, 0.2) is 30.3 Å². The average molecular weight is 364 g/mol. The van der Waals surface area contributed by atoms with E-state index >= 15 is 0 Å². The number of hydrogen-bond donors (Lipinski definition) is 2. The molecule has 3 heterocycles. The lowest BCUT2D eigenvalue weighted by molar-refractivity contribution is -0.121. The van der Waals surface area contributed by atoms with E-state index in [1.807, 2.05) is 35.2 Å². The maximum absolute atomic E-state index is 13.3. The SMILES string of the molecule is CCC[C@@H]1N(C(=O)c2cc(C3CC3)[nH]n2)CC[C@@]12C(=O)Nc1ccccc12. The highest BCUT2D eigenvalue weighted by Crippen LogP contribution is 2.49. The van der Waals surface area contributed by atoms with Crippen molar-refractivity contribution in [1.29, 1.82) is 0 Å². The van der Waals surface area contributed by atoms with Crippen molar-refractivity contribution in [3.8, 4) is 0 Å². The zero-order chi connectivity index (χ0) is 18.6. The molecule has 27 heavy (non-hydrogen) atoms. The molecule has 2 fully saturated rings. The van der Waals surface area contributed by atoms with Crippen LogP contribution in [0.25, 0.3) is 0 Å². The highest BCUT2D eigenvalue weighted by Gasteiger charge is 2.58. The van der Waals surface area contributed by atoms with Crippen molar-refractivity contribution in [2.75, 3.05) is 11.9 Å². The van der Waals surface area contributed by atoms with Crippen LogP contribution in [0.5, 0.6) is 0 Å². The first kappa shape index (κ1) is 16.5. The van der Waals surface area contributed by atoms with Crippen molar-refractivity contribution in [1.82, 2.24) is 15.1 Å². The summed E-state index contributed by atoms with van der Waals surface area (Å²) in [6.07, 6.45) is 4.70. The van der Waals surface area contributed by atoms with Gasteiger partial charge in [0.25, 0.3) is 5.91 Å². The minimum absolute atomic E-state index is 0.0261. The molecular weight excluding hydrogens is 340 g/mol. The Balaban J connectivity index is 1.51. The van der Waals surface area contributed by atoms with Gasteiger partial charge in [-0.15, -0.1) is 0 Å². The predicted molar refractivity (Wildman–Crippen MR) is 102 cm³/mol. The second-order valence-corrected chi connectivity index (χ2v) is 8.01. The number of aromatic nitrogens is 2. The summed E-state index contributed by atoms with van der Waals surface area (Å²) in [5.74, 6) is 0.492. The Bertz CT molecular complexity index is 916. The molecular formula is C21H24N4O2. The molecule has 2 aromatic rings. The highest BCUT2D eigenvalue weighted by molar-refractivity contribution is 6.08. The fourth-order valence-corrected chi connectivity index (χ4v) is 4.92. The van der Waals surface area contributed by atoms with Crippen molar-refractivity contribution in [3.63, 3.8) is 0 Å². The molecule has 6 heteroatoms. The standard InChI is InChI=1S/C21H24N4O2/c1-2-5-18-21(14-6-3-4-7-15(14)22-20(21)27)10-11-25(18)19(26)17-12-16(23-24-17)13-8-9-13/h3-4,6-7,12-13,18H,2,5,8-11H2,1H3,(H,22,27)(H,23,24)/t18-,21-/m0/s1. The maximum Gasteiger partial charge on any atom is 0.274 e. The van der Waals surface area contributed by atoms with Gasteiger partial charge in [0.1, 0.15) is 5.69 Å². The number of carbonyl (C=O) groups excluding carboxylic acids is 2. The number of amides is 2. The van der Waals surface area contributed by atoms with Crippen molar-refractivity contribution in [2.24, 2.45) is 0 Å². The molecule has 2 amide bonds. The Morgan fingerprint density at radius 3 is 2.93 bits per heavy atom. The molecule has 1 aromatic heterocycles.